The number of hydrogen-bond acceptors (Lipinski definition) is 4. The smallest absolute Gasteiger partial charge is 0.405 e. The predicted octanol–water partition coefficient (Wildman–Crippen LogP) is 7.08. The van der Waals surface area contributed by atoms with Crippen molar-refractivity contribution in [3.8, 4) is 11.3 Å². The van der Waals surface area contributed by atoms with E-state index in [-0.39, 0.29) is 36.8 Å². The van der Waals surface area contributed by atoms with E-state index in [1.165, 1.54) is 10.8 Å². The van der Waals surface area contributed by atoms with Crippen LogP contribution in [0, 0.1) is 0 Å². The van der Waals surface area contributed by atoms with Crippen molar-refractivity contribution in [2.45, 2.75) is 51.2 Å². The zero-order valence-electron chi connectivity index (χ0n) is 23.8. The molecule has 5 aromatic rings. The lowest BCUT2D eigenvalue weighted by atomic mass is 10.1. The third-order valence-corrected chi connectivity index (χ3v) is 8.03. The lowest BCUT2D eigenvalue weighted by Crippen LogP contribution is -2.42. The van der Waals surface area contributed by atoms with Gasteiger partial charge in [-0.1, -0.05) is 61.9 Å². The third-order valence-electron chi connectivity index (χ3n) is 8.03. The van der Waals surface area contributed by atoms with Gasteiger partial charge >= 0.3 is 6.09 Å². The summed E-state index contributed by atoms with van der Waals surface area (Å²) in [5.74, 6) is 0.424. The van der Waals surface area contributed by atoms with Crippen molar-refractivity contribution in [3.05, 3.63) is 84.3 Å². The van der Waals surface area contributed by atoms with Crippen molar-refractivity contribution in [2.75, 3.05) is 12.3 Å². The number of carboxylic acid groups (broad SMARTS) is 1. The SMILES string of the molecule is CCCCn1c2cc(N)ccc2c2ccc(-c3cnc([C@@H]4CCCN4C(=O)C(NC(=O)O)c4ccccc4)[nH]3)cc21.Cl.Cl. The topological polar surface area (TPSA) is 129 Å². The van der Waals surface area contributed by atoms with Gasteiger partial charge in [-0.2, -0.15) is 0 Å². The molecule has 43 heavy (non-hydrogen) atoms. The number of likely N-dealkylation sites (tertiary alicyclic amines) is 1. The Hall–Kier alpha value is -4.21. The van der Waals surface area contributed by atoms with E-state index in [0.717, 1.165) is 60.2 Å². The summed E-state index contributed by atoms with van der Waals surface area (Å²) in [5, 5.41) is 14.2. The molecule has 1 aliphatic heterocycles. The van der Waals surface area contributed by atoms with Crippen LogP contribution in [0.15, 0.2) is 72.9 Å². The fourth-order valence-corrected chi connectivity index (χ4v) is 6.03. The van der Waals surface area contributed by atoms with Crippen LogP contribution in [0.25, 0.3) is 33.1 Å². The maximum atomic E-state index is 13.7. The second kappa shape index (κ2) is 13.4. The van der Waals surface area contributed by atoms with E-state index in [0.29, 0.717) is 17.9 Å². The van der Waals surface area contributed by atoms with Gasteiger partial charge in [0.1, 0.15) is 11.9 Å². The minimum atomic E-state index is -1.24. The Morgan fingerprint density at radius 3 is 2.51 bits per heavy atom. The molecule has 0 aliphatic carbocycles. The first kappa shape index (κ1) is 31.7. The van der Waals surface area contributed by atoms with Crippen LogP contribution in [0.5, 0.6) is 0 Å². The number of nitrogens with zero attached hydrogens (tertiary/aromatic N) is 3. The van der Waals surface area contributed by atoms with Crippen molar-refractivity contribution in [1.29, 1.82) is 0 Å². The summed E-state index contributed by atoms with van der Waals surface area (Å²) < 4.78 is 2.35. The van der Waals surface area contributed by atoms with Crippen molar-refractivity contribution in [3.63, 3.8) is 0 Å². The highest BCUT2D eigenvalue weighted by molar-refractivity contribution is 6.09. The molecule has 1 aliphatic rings. The molecule has 3 heterocycles. The Balaban J connectivity index is 0.00000212. The van der Waals surface area contributed by atoms with Crippen molar-refractivity contribution >= 4 is 64.3 Å². The van der Waals surface area contributed by atoms with E-state index in [1.54, 1.807) is 29.2 Å². The van der Waals surface area contributed by atoms with Crippen LogP contribution < -0.4 is 11.1 Å². The first-order valence-corrected chi connectivity index (χ1v) is 14.2. The molecule has 1 saturated heterocycles. The predicted molar refractivity (Wildman–Crippen MR) is 175 cm³/mol. The lowest BCUT2D eigenvalue weighted by molar-refractivity contribution is -0.134. The molecule has 1 fully saturated rings. The Morgan fingerprint density at radius 1 is 1.07 bits per heavy atom. The highest BCUT2D eigenvalue weighted by atomic mass is 35.5. The Labute approximate surface area is 262 Å². The van der Waals surface area contributed by atoms with E-state index in [4.69, 9.17) is 10.7 Å². The number of hydrogen-bond donors (Lipinski definition) is 4. The van der Waals surface area contributed by atoms with Crippen LogP contribution in [-0.4, -0.2) is 43.1 Å². The van der Waals surface area contributed by atoms with Gasteiger partial charge in [0, 0.05) is 40.6 Å². The van der Waals surface area contributed by atoms with Crippen molar-refractivity contribution < 1.29 is 14.7 Å². The molecule has 2 aromatic heterocycles. The number of aryl methyl sites for hydroxylation is 1. The number of aromatic amines is 1. The van der Waals surface area contributed by atoms with Gasteiger partial charge < -0.3 is 30.6 Å². The molecule has 2 atom stereocenters. The van der Waals surface area contributed by atoms with Crippen molar-refractivity contribution in [1.82, 2.24) is 24.8 Å². The van der Waals surface area contributed by atoms with Crippen molar-refractivity contribution in [2.24, 2.45) is 0 Å². The number of carbonyl (C=O) groups excluding carboxylic acids is 1. The molecule has 5 N–H and O–H groups in total. The van der Waals surface area contributed by atoms with E-state index < -0.39 is 12.1 Å². The van der Waals surface area contributed by atoms with Gasteiger partial charge in [0.25, 0.3) is 5.91 Å². The average Bonchev–Trinajstić information content (AvgIpc) is 3.72. The molecule has 1 unspecified atom stereocenters. The zero-order chi connectivity index (χ0) is 28.5. The van der Waals surface area contributed by atoms with Crippen LogP contribution in [0.2, 0.25) is 0 Å². The number of carbonyl (C=O) groups is 2. The number of unbranched alkanes of at least 4 members (excludes halogenated alkanes) is 1. The van der Waals surface area contributed by atoms with E-state index >= 15 is 0 Å². The average molecular weight is 624 g/mol. The number of rotatable bonds is 8. The van der Waals surface area contributed by atoms with Gasteiger partial charge in [-0.05, 0) is 43.0 Å². The summed E-state index contributed by atoms with van der Waals surface area (Å²) in [5.41, 5.74) is 11.7. The second-order valence-electron chi connectivity index (χ2n) is 10.7. The van der Waals surface area contributed by atoms with Crippen LogP contribution >= 0.6 is 24.8 Å². The summed E-state index contributed by atoms with van der Waals surface area (Å²) in [6.45, 7) is 3.64. The van der Waals surface area contributed by atoms with Gasteiger partial charge in [-0.25, -0.2) is 9.78 Å². The van der Waals surface area contributed by atoms with Crippen LogP contribution in [0.3, 0.4) is 0 Å². The highest BCUT2D eigenvalue weighted by Gasteiger charge is 2.37. The molecular formula is C32H36Cl2N6O3. The minimum absolute atomic E-state index is 0. The molecule has 0 saturated carbocycles. The number of amides is 2. The quantitative estimate of drug-likeness (QED) is 0.137. The monoisotopic (exact) mass is 622 g/mol. The standard InChI is InChI=1S/C32H34N6O3.2ClH/c1-2-3-15-37-27-17-21(11-13-23(27)24-14-12-22(33)18-28(24)37)25-19-34-30(35-25)26-10-7-16-38(26)31(39)29(36-32(40)41)20-8-5-4-6-9-20;;/h4-6,8-9,11-14,17-19,26,29,36H,2-3,7,10,15-16,33H2,1H3,(H,34,35)(H,40,41);2*1H/t26-,29?;;/m0../s1. The number of fused-ring (bicyclic) bond motifs is 3. The van der Waals surface area contributed by atoms with Gasteiger partial charge in [-0.15, -0.1) is 24.8 Å². The van der Waals surface area contributed by atoms with E-state index in [1.807, 2.05) is 24.4 Å². The summed E-state index contributed by atoms with van der Waals surface area (Å²) in [6, 6.07) is 20.2. The largest absolute Gasteiger partial charge is 0.465 e. The molecule has 3 aromatic carbocycles. The fraction of sp³-hybridized carbons (Fsp3) is 0.281. The number of H-pyrrole nitrogens is 1. The maximum absolute atomic E-state index is 13.7. The van der Waals surface area contributed by atoms with Crippen LogP contribution in [-0.2, 0) is 11.3 Å². The Kier molecular flexibility index (Phi) is 9.88. The summed E-state index contributed by atoms with van der Waals surface area (Å²) in [6.07, 6.45) is 4.30. The first-order valence-electron chi connectivity index (χ1n) is 14.2. The number of benzene rings is 3. The Bertz CT molecular complexity index is 1740. The van der Waals surface area contributed by atoms with E-state index in [9.17, 15) is 14.7 Å². The number of nitrogen functional groups attached to an aromatic ring is 1. The number of nitrogens with one attached hydrogen (secondary N) is 2. The molecule has 2 amide bonds. The number of anilines is 1. The lowest BCUT2D eigenvalue weighted by Gasteiger charge is -2.28. The second-order valence-corrected chi connectivity index (χ2v) is 10.7. The Morgan fingerprint density at radius 2 is 1.79 bits per heavy atom. The van der Waals surface area contributed by atoms with Gasteiger partial charge in [0.15, 0.2) is 0 Å². The van der Waals surface area contributed by atoms with E-state index in [2.05, 4.69) is 46.1 Å². The minimum Gasteiger partial charge on any atom is -0.465 e. The summed E-state index contributed by atoms with van der Waals surface area (Å²) >= 11 is 0. The normalized spacial score (nSPS) is 15.2. The number of nitrogens with two attached hydrogens (primary N) is 1. The molecule has 226 valence electrons. The number of imidazole rings is 1. The van der Waals surface area contributed by atoms with Gasteiger partial charge in [0.05, 0.1) is 23.4 Å². The number of halogens is 2. The highest BCUT2D eigenvalue weighted by Crippen LogP contribution is 2.36. The maximum Gasteiger partial charge on any atom is 0.405 e. The molecule has 9 nitrogen and oxygen atoms in total. The molecule has 11 heteroatoms. The zero-order valence-corrected chi connectivity index (χ0v) is 25.5. The summed E-state index contributed by atoms with van der Waals surface area (Å²) in [4.78, 5) is 35.1. The number of aromatic nitrogens is 3. The first-order chi connectivity index (χ1) is 19.9. The third kappa shape index (κ3) is 6.14. The van der Waals surface area contributed by atoms with Crippen LogP contribution in [0.4, 0.5) is 10.5 Å². The fourth-order valence-electron chi connectivity index (χ4n) is 6.03. The van der Waals surface area contributed by atoms with Crippen LogP contribution in [0.1, 0.15) is 56.1 Å². The molecule has 0 spiro atoms. The molecule has 0 radical (unpaired) electrons. The molecular weight excluding hydrogens is 587 g/mol. The summed E-state index contributed by atoms with van der Waals surface area (Å²) in [7, 11) is 0. The molecule has 0 bridgehead atoms. The van der Waals surface area contributed by atoms with Gasteiger partial charge in [-0.3, -0.25) is 4.79 Å². The molecule has 6 rings (SSSR count). The van der Waals surface area contributed by atoms with Gasteiger partial charge in [0.2, 0.25) is 0 Å².